The summed E-state index contributed by atoms with van der Waals surface area (Å²) in [5.74, 6) is -0.718. The SMILES string of the molecule is CC(C)[C@H](NC(=O)c1ccccc1Cl)C(=O)Nc1ccc(N2CCCC2=O)cc1. The summed E-state index contributed by atoms with van der Waals surface area (Å²) in [7, 11) is 0. The minimum absolute atomic E-state index is 0.115. The van der Waals surface area contributed by atoms with E-state index in [1.54, 1.807) is 41.3 Å². The van der Waals surface area contributed by atoms with E-state index in [0.717, 1.165) is 12.1 Å². The second kappa shape index (κ2) is 9.09. The van der Waals surface area contributed by atoms with Crippen LogP contribution in [0, 0.1) is 5.92 Å². The summed E-state index contributed by atoms with van der Waals surface area (Å²) in [5, 5.41) is 5.93. The predicted octanol–water partition coefficient (Wildman–Crippen LogP) is 3.86. The van der Waals surface area contributed by atoms with Crippen LogP contribution in [0.3, 0.4) is 0 Å². The zero-order chi connectivity index (χ0) is 21.0. The van der Waals surface area contributed by atoms with Gasteiger partial charge in [0.2, 0.25) is 11.8 Å². The highest BCUT2D eigenvalue weighted by atomic mass is 35.5. The molecule has 0 aromatic heterocycles. The number of anilines is 2. The van der Waals surface area contributed by atoms with Crippen molar-refractivity contribution in [1.29, 1.82) is 0 Å². The van der Waals surface area contributed by atoms with Crippen molar-refractivity contribution in [3.05, 3.63) is 59.1 Å². The Labute approximate surface area is 175 Å². The Kier molecular flexibility index (Phi) is 6.54. The first-order valence-corrected chi connectivity index (χ1v) is 10.0. The molecule has 1 aliphatic heterocycles. The van der Waals surface area contributed by atoms with Gasteiger partial charge in [-0.1, -0.05) is 37.6 Å². The summed E-state index contributed by atoms with van der Waals surface area (Å²) in [5.41, 5.74) is 1.74. The quantitative estimate of drug-likeness (QED) is 0.754. The average Bonchev–Trinajstić information content (AvgIpc) is 3.12. The smallest absolute Gasteiger partial charge is 0.253 e. The number of carbonyl (C=O) groups is 3. The highest BCUT2D eigenvalue weighted by molar-refractivity contribution is 6.33. The first-order chi connectivity index (χ1) is 13.9. The summed E-state index contributed by atoms with van der Waals surface area (Å²) in [6, 6.07) is 13.1. The minimum atomic E-state index is -0.724. The van der Waals surface area contributed by atoms with E-state index in [-0.39, 0.29) is 17.7 Å². The maximum atomic E-state index is 12.8. The molecule has 7 heteroatoms. The lowest BCUT2D eigenvalue weighted by atomic mass is 10.0. The van der Waals surface area contributed by atoms with E-state index in [1.807, 2.05) is 26.0 Å². The van der Waals surface area contributed by atoms with Crippen LogP contribution in [0.2, 0.25) is 5.02 Å². The molecule has 1 saturated heterocycles. The lowest BCUT2D eigenvalue weighted by molar-refractivity contribution is -0.119. The molecule has 0 radical (unpaired) electrons. The minimum Gasteiger partial charge on any atom is -0.340 e. The van der Waals surface area contributed by atoms with Crippen LogP contribution < -0.4 is 15.5 Å². The Hall–Kier alpha value is -2.86. The number of amides is 3. The van der Waals surface area contributed by atoms with E-state index < -0.39 is 11.9 Å². The molecule has 29 heavy (non-hydrogen) atoms. The maximum absolute atomic E-state index is 12.8. The van der Waals surface area contributed by atoms with Crippen molar-refractivity contribution in [3.8, 4) is 0 Å². The second-order valence-corrected chi connectivity index (χ2v) is 7.77. The van der Waals surface area contributed by atoms with Crippen molar-refractivity contribution in [3.63, 3.8) is 0 Å². The molecule has 0 bridgehead atoms. The Morgan fingerprint density at radius 1 is 1.07 bits per heavy atom. The molecular formula is C22H24ClN3O3. The predicted molar refractivity (Wildman–Crippen MR) is 114 cm³/mol. The topological polar surface area (TPSA) is 78.5 Å². The van der Waals surface area contributed by atoms with Gasteiger partial charge in [0.15, 0.2) is 0 Å². The van der Waals surface area contributed by atoms with Crippen LogP contribution in [0.5, 0.6) is 0 Å². The third-order valence-electron chi connectivity index (χ3n) is 4.87. The normalized spacial score (nSPS) is 14.8. The largest absolute Gasteiger partial charge is 0.340 e. The first kappa shape index (κ1) is 20.9. The van der Waals surface area contributed by atoms with E-state index in [2.05, 4.69) is 10.6 Å². The van der Waals surface area contributed by atoms with Gasteiger partial charge in [-0.05, 0) is 48.7 Å². The van der Waals surface area contributed by atoms with Gasteiger partial charge in [0.05, 0.1) is 10.6 Å². The number of nitrogens with zero attached hydrogens (tertiary/aromatic N) is 1. The van der Waals surface area contributed by atoms with Gasteiger partial charge < -0.3 is 15.5 Å². The Bertz CT molecular complexity index is 912. The van der Waals surface area contributed by atoms with Crippen molar-refractivity contribution in [1.82, 2.24) is 5.32 Å². The number of rotatable bonds is 6. The van der Waals surface area contributed by atoms with Crippen molar-refractivity contribution in [2.45, 2.75) is 32.7 Å². The molecule has 3 amide bonds. The number of hydrogen-bond acceptors (Lipinski definition) is 3. The molecule has 0 spiro atoms. The average molecular weight is 414 g/mol. The van der Waals surface area contributed by atoms with Crippen molar-refractivity contribution >= 4 is 40.7 Å². The van der Waals surface area contributed by atoms with Crippen molar-refractivity contribution in [2.75, 3.05) is 16.8 Å². The third-order valence-corrected chi connectivity index (χ3v) is 5.20. The fourth-order valence-corrected chi connectivity index (χ4v) is 3.49. The van der Waals surface area contributed by atoms with Crippen LogP contribution in [0.1, 0.15) is 37.0 Å². The van der Waals surface area contributed by atoms with Crippen LogP contribution >= 0.6 is 11.6 Å². The lowest BCUT2D eigenvalue weighted by Crippen LogP contribution is -2.47. The summed E-state index contributed by atoms with van der Waals surface area (Å²) < 4.78 is 0. The van der Waals surface area contributed by atoms with Gasteiger partial charge in [-0.3, -0.25) is 14.4 Å². The number of hydrogen-bond donors (Lipinski definition) is 2. The molecule has 2 aromatic rings. The summed E-state index contributed by atoms with van der Waals surface area (Å²) >= 11 is 6.08. The molecule has 1 fully saturated rings. The molecule has 152 valence electrons. The fourth-order valence-electron chi connectivity index (χ4n) is 3.27. The van der Waals surface area contributed by atoms with Gasteiger partial charge >= 0.3 is 0 Å². The van der Waals surface area contributed by atoms with Crippen molar-refractivity contribution < 1.29 is 14.4 Å². The third kappa shape index (κ3) is 4.95. The van der Waals surface area contributed by atoms with E-state index >= 15 is 0 Å². The Morgan fingerprint density at radius 2 is 1.76 bits per heavy atom. The van der Waals surface area contributed by atoms with Gasteiger partial charge in [0.25, 0.3) is 5.91 Å². The molecule has 2 N–H and O–H groups in total. The highest BCUT2D eigenvalue weighted by Crippen LogP contribution is 2.23. The molecule has 0 unspecified atom stereocenters. The lowest BCUT2D eigenvalue weighted by Gasteiger charge is -2.22. The zero-order valence-electron chi connectivity index (χ0n) is 16.4. The zero-order valence-corrected chi connectivity index (χ0v) is 17.2. The Balaban J connectivity index is 1.67. The molecule has 1 atom stereocenters. The number of carbonyl (C=O) groups excluding carboxylic acids is 3. The van der Waals surface area contributed by atoms with E-state index in [1.165, 1.54) is 0 Å². The van der Waals surface area contributed by atoms with E-state index in [0.29, 0.717) is 29.2 Å². The van der Waals surface area contributed by atoms with Crippen LogP contribution in [-0.2, 0) is 9.59 Å². The van der Waals surface area contributed by atoms with Gasteiger partial charge in [0.1, 0.15) is 6.04 Å². The molecule has 1 heterocycles. The summed E-state index contributed by atoms with van der Waals surface area (Å²) in [6.45, 7) is 4.44. The molecule has 3 rings (SSSR count). The molecular weight excluding hydrogens is 390 g/mol. The molecule has 0 aliphatic carbocycles. The van der Waals surface area contributed by atoms with Crippen LogP contribution in [0.15, 0.2) is 48.5 Å². The van der Waals surface area contributed by atoms with E-state index in [9.17, 15) is 14.4 Å². The number of nitrogens with one attached hydrogen (secondary N) is 2. The van der Waals surface area contributed by atoms with Gasteiger partial charge in [0, 0.05) is 24.3 Å². The molecule has 0 saturated carbocycles. The van der Waals surface area contributed by atoms with Crippen LogP contribution in [-0.4, -0.2) is 30.3 Å². The number of halogens is 1. The standard InChI is InChI=1S/C22H24ClN3O3/c1-14(2)20(25-21(28)17-6-3-4-7-18(17)23)22(29)24-15-9-11-16(12-10-15)26-13-5-8-19(26)27/h3-4,6-7,9-12,14,20H,5,8,13H2,1-2H3,(H,24,29)(H,25,28)/t20-/m0/s1. The summed E-state index contributed by atoms with van der Waals surface area (Å²) in [6.07, 6.45) is 1.43. The maximum Gasteiger partial charge on any atom is 0.253 e. The fraction of sp³-hybridized carbons (Fsp3) is 0.318. The molecule has 6 nitrogen and oxygen atoms in total. The summed E-state index contributed by atoms with van der Waals surface area (Å²) in [4.78, 5) is 38.9. The van der Waals surface area contributed by atoms with Crippen LogP contribution in [0.4, 0.5) is 11.4 Å². The Morgan fingerprint density at radius 3 is 2.34 bits per heavy atom. The van der Waals surface area contributed by atoms with Gasteiger partial charge in [-0.25, -0.2) is 0 Å². The monoisotopic (exact) mass is 413 g/mol. The van der Waals surface area contributed by atoms with E-state index in [4.69, 9.17) is 11.6 Å². The molecule has 1 aliphatic rings. The number of benzene rings is 2. The first-order valence-electron chi connectivity index (χ1n) is 9.63. The highest BCUT2D eigenvalue weighted by Gasteiger charge is 2.26. The van der Waals surface area contributed by atoms with Gasteiger partial charge in [-0.15, -0.1) is 0 Å². The van der Waals surface area contributed by atoms with Crippen molar-refractivity contribution in [2.24, 2.45) is 5.92 Å². The van der Waals surface area contributed by atoms with Crippen LogP contribution in [0.25, 0.3) is 0 Å². The molecule has 2 aromatic carbocycles. The second-order valence-electron chi connectivity index (χ2n) is 7.36. The van der Waals surface area contributed by atoms with Gasteiger partial charge in [-0.2, -0.15) is 0 Å².